The van der Waals surface area contributed by atoms with Crippen molar-refractivity contribution in [1.29, 1.82) is 0 Å². The Morgan fingerprint density at radius 1 is 0.250 bits per heavy atom. The van der Waals surface area contributed by atoms with E-state index in [-0.39, 0.29) is 17.0 Å². The number of rotatable bonds is 35. The molecule has 0 unspecified atom stereocenters. The molecule has 0 aromatic carbocycles. The summed E-state index contributed by atoms with van der Waals surface area (Å²) in [5.74, 6) is 0. The van der Waals surface area contributed by atoms with Crippen LogP contribution in [0.15, 0.2) is 0 Å². The molecule has 1 nitrogen and oxygen atoms in total. The van der Waals surface area contributed by atoms with Crippen molar-refractivity contribution in [2.75, 3.05) is 20.6 Å². The first kappa shape index (κ1) is 42.6. The van der Waals surface area contributed by atoms with Crippen LogP contribution in [0, 0.1) is 0 Å². The standard InChI is InChI=1S/C38H79N.BrH/c1-4-5-6-7-8-9-10-11-12-13-14-15-16-17-18-19-20-21-22-23-24-25-26-27-28-29-30-31-32-33-34-35-36-37-38-39(2)3;/h4-38H2,1-3H3;1H. The van der Waals surface area contributed by atoms with E-state index in [1.165, 1.54) is 225 Å². The molecule has 0 aliphatic heterocycles. The highest BCUT2D eigenvalue weighted by atomic mass is 79.9. The van der Waals surface area contributed by atoms with Crippen LogP contribution < -0.4 is 21.9 Å². The van der Waals surface area contributed by atoms with E-state index in [0.29, 0.717) is 0 Å². The second-order valence-electron chi connectivity index (χ2n) is 13.6. The normalized spacial score (nSPS) is 11.4. The van der Waals surface area contributed by atoms with Gasteiger partial charge in [0.1, 0.15) is 0 Å². The van der Waals surface area contributed by atoms with Gasteiger partial charge in [-0.25, -0.2) is 0 Å². The summed E-state index contributed by atoms with van der Waals surface area (Å²) in [6.07, 6.45) is 50.4. The van der Waals surface area contributed by atoms with Crippen LogP contribution in [0.3, 0.4) is 0 Å². The van der Waals surface area contributed by atoms with Crippen LogP contribution in [0.25, 0.3) is 0 Å². The van der Waals surface area contributed by atoms with Crippen molar-refractivity contribution in [1.82, 2.24) is 0 Å². The molecule has 2 heteroatoms. The Labute approximate surface area is 267 Å². The lowest BCUT2D eigenvalue weighted by Gasteiger charge is -2.06. The van der Waals surface area contributed by atoms with Gasteiger partial charge in [-0.05, 0) is 12.8 Å². The number of halogens is 1. The lowest BCUT2D eigenvalue weighted by Crippen LogP contribution is -3.05. The van der Waals surface area contributed by atoms with Gasteiger partial charge >= 0.3 is 0 Å². The maximum absolute atomic E-state index is 2.31. The molecule has 0 heterocycles. The first-order chi connectivity index (χ1) is 19.3. The van der Waals surface area contributed by atoms with Gasteiger partial charge in [0.25, 0.3) is 0 Å². The quantitative estimate of drug-likeness (QED) is 0.0666. The Kier molecular flexibility index (Phi) is 42.0. The van der Waals surface area contributed by atoms with Crippen LogP contribution in [0.1, 0.15) is 225 Å². The number of nitrogens with one attached hydrogen (secondary N) is 1. The molecule has 0 aromatic rings. The van der Waals surface area contributed by atoms with Crippen molar-refractivity contribution in [3.63, 3.8) is 0 Å². The van der Waals surface area contributed by atoms with Gasteiger partial charge in [-0.1, -0.05) is 212 Å². The highest BCUT2D eigenvalue weighted by Crippen LogP contribution is 2.17. The summed E-state index contributed by atoms with van der Waals surface area (Å²) in [7, 11) is 4.53. The Morgan fingerprint density at radius 2 is 0.400 bits per heavy atom. The maximum atomic E-state index is 2.31. The molecule has 0 aromatic heterocycles. The smallest absolute Gasteiger partial charge is 0.0766 e. The molecule has 40 heavy (non-hydrogen) atoms. The van der Waals surface area contributed by atoms with Crippen molar-refractivity contribution in [2.24, 2.45) is 0 Å². The van der Waals surface area contributed by atoms with Gasteiger partial charge in [-0.2, -0.15) is 0 Å². The molecule has 0 saturated carbocycles. The van der Waals surface area contributed by atoms with Crippen LogP contribution in [0.4, 0.5) is 0 Å². The Hall–Kier alpha value is 0.440. The van der Waals surface area contributed by atoms with E-state index in [1.807, 2.05) is 0 Å². The van der Waals surface area contributed by atoms with Crippen molar-refractivity contribution in [3.05, 3.63) is 0 Å². The molecule has 1 N–H and O–H groups in total. The zero-order chi connectivity index (χ0) is 28.3. The predicted molar refractivity (Wildman–Crippen MR) is 180 cm³/mol. The minimum absolute atomic E-state index is 0. The first-order valence-electron chi connectivity index (χ1n) is 19.1. The molecule has 0 radical (unpaired) electrons. The number of hydrogen-bond donors (Lipinski definition) is 1. The second-order valence-corrected chi connectivity index (χ2v) is 13.6. The van der Waals surface area contributed by atoms with Gasteiger partial charge < -0.3 is 21.9 Å². The topological polar surface area (TPSA) is 4.44 Å². The van der Waals surface area contributed by atoms with Gasteiger partial charge in [-0.3, -0.25) is 0 Å². The van der Waals surface area contributed by atoms with Crippen molar-refractivity contribution < 1.29 is 21.9 Å². The molecular weight excluding hydrogens is 550 g/mol. The zero-order valence-electron chi connectivity index (χ0n) is 28.6. The number of quaternary nitrogens is 1. The summed E-state index contributed by atoms with van der Waals surface area (Å²) in [6, 6.07) is 0. The molecule has 0 atom stereocenters. The fourth-order valence-corrected chi connectivity index (χ4v) is 6.21. The van der Waals surface area contributed by atoms with E-state index in [4.69, 9.17) is 0 Å². The van der Waals surface area contributed by atoms with Gasteiger partial charge in [0, 0.05) is 0 Å². The van der Waals surface area contributed by atoms with E-state index < -0.39 is 0 Å². The molecule has 0 aliphatic rings. The summed E-state index contributed by atoms with van der Waals surface area (Å²) in [4.78, 5) is 1.60. The van der Waals surface area contributed by atoms with Crippen LogP contribution in [0.5, 0.6) is 0 Å². The Morgan fingerprint density at radius 3 is 0.550 bits per heavy atom. The summed E-state index contributed by atoms with van der Waals surface area (Å²) in [5, 5.41) is 0. The predicted octanol–water partition coefficient (Wildman–Crippen LogP) is 9.42. The van der Waals surface area contributed by atoms with Crippen LogP contribution >= 0.6 is 0 Å². The lowest BCUT2D eigenvalue weighted by atomic mass is 10.0. The average molecular weight is 631 g/mol. The molecule has 0 amide bonds. The number of hydrogen-bond acceptors (Lipinski definition) is 0. The van der Waals surface area contributed by atoms with Crippen LogP contribution in [0.2, 0.25) is 0 Å². The third kappa shape index (κ3) is 40.6. The summed E-state index contributed by atoms with van der Waals surface area (Å²) >= 11 is 0. The third-order valence-electron chi connectivity index (χ3n) is 9.03. The van der Waals surface area contributed by atoms with E-state index in [1.54, 1.807) is 4.90 Å². The van der Waals surface area contributed by atoms with Crippen LogP contribution in [-0.2, 0) is 0 Å². The van der Waals surface area contributed by atoms with Gasteiger partial charge in [-0.15, -0.1) is 0 Å². The molecule has 0 aliphatic carbocycles. The molecule has 0 rings (SSSR count). The first-order valence-corrected chi connectivity index (χ1v) is 19.1. The van der Waals surface area contributed by atoms with Crippen molar-refractivity contribution in [3.8, 4) is 0 Å². The molecular formula is C38H80BrN. The zero-order valence-corrected chi connectivity index (χ0v) is 30.2. The second kappa shape index (κ2) is 39.4. The highest BCUT2D eigenvalue weighted by Gasteiger charge is 1.98. The number of unbranched alkanes of at least 4 members (excludes halogenated alkanes) is 33. The van der Waals surface area contributed by atoms with E-state index in [2.05, 4.69) is 21.0 Å². The van der Waals surface area contributed by atoms with E-state index in [0.717, 1.165) is 0 Å². The van der Waals surface area contributed by atoms with E-state index >= 15 is 0 Å². The Balaban J connectivity index is 0. The van der Waals surface area contributed by atoms with Crippen LogP contribution in [-0.4, -0.2) is 20.6 Å². The highest BCUT2D eigenvalue weighted by molar-refractivity contribution is 4.53. The van der Waals surface area contributed by atoms with Crippen molar-refractivity contribution in [2.45, 2.75) is 225 Å². The molecule has 0 saturated heterocycles. The minimum Gasteiger partial charge on any atom is -1.00 e. The average Bonchev–Trinajstić information content (AvgIpc) is 2.93. The summed E-state index contributed by atoms with van der Waals surface area (Å²) in [5.41, 5.74) is 0. The molecule has 0 fully saturated rings. The summed E-state index contributed by atoms with van der Waals surface area (Å²) in [6.45, 7) is 3.66. The SMILES string of the molecule is CCCCCCCCCCCCCCCCCCCCCCCCCCCCCCCCCCCC[NH+](C)C.[Br-]. The van der Waals surface area contributed by atoms with Gasteiger partial charge in [0.2, 0.25) is 0 Å². The fraction of sp³-hybridized carbons (Fsp3) is 1.00. The largest absolute Gasteiger partial charge is 1.00 e. The van der Waals surface area contributed by atoms with Gasteiger partial charge in [0.05, 0.1) is 20.6 Å². The fourth-order valence-electron chi connectivity index (χ4n) is 6.21. The summed E-state index contributed by atoms with van der Waals surface area (Å²) < 4.78 is 0. The monoisotopic (exact) mass is 630 g/mol. The molecule has 0 bridgehead atoms. The minimum atomic E-state index is 0. The van der Waals surface area contributed by atoms with Crippen molar-refractivity contribution >= 4 is 0 Å². The lowest BCUT2D eigenvalue weighted by molar-refractivity contribution is -0.858. The van der Waals surface area contributed by atoms with Gasteiger partial charge in [0.15, 0.2) is 0 Å². The van der Waals surface area contributed by atoms with E-state index in [9.17, 15) is 0 Å². The molecule has 0 spiro atoms. The Bertz CT molecular complexity index is 410. The maximum Gasteiger partial charge on any atom is 0.0766 e. The third-order valence-corrected chi connectivity index (χ3v) is 9.03. The molecule has 244 valence electrons.